The number of hydrogen-bond donors (Lipinski definition) is 1. The molecule has 20 heavy (non-hydrogen) atoms. The summed E-state index contributed by atoms with van der Waals surface area (Å²) in [5.74, 6) is -0.364. The topological polar surface area (TPSA) is 12.0 Å². The fraction of sp³-hybridized carbons (Fsp3) is 0.375. The van der Waals surface area contributed by atoms with E-state index in [0.717, 1.165) is 18.5 Å². The van der Waals surface area contributed by atoms with E-state index in [0.29, 0.717) is 0 Å². The normalized spacial score (nSPS) is 12.7. The Bertz CT molecular complexity index is 594. The van der Waals surface area contributed by atoms with Gasteiger partial charge in [-0.2, -0.15) is 0 Å². The molecule has 0 aliphatic rings. The van der Waals surface area contributed by atoms with Crippen molar-refractivity contribution in [1.82, 2.24) is 5.32 Å². The van der Waals surface area contributed by atoms with Crippen LogP contribution in [0.1, 0.15) is 40.3 Å². The van der Waals surface area contributed by atoms with Crippen LogP contribution in [0.3, 0.4) is 0 Å². The monoisotopic (exact) mass is 311 g/mol. The Balaban J connectivity index is 2.41. The van der Waals surface area contributed by atoms with Gasteiger partial charge in [-0.15, -0.1) is 11.3 Å². The van der Waals surface area contributed by atoms with Crippen LogP contribution in [0.5, 0.6) is 0 Å². The summed E-state index contributed by atoms with van der Waals surface area (Å²) in [5.41, 5.74) is 2.14. The van der Waals surface area contributed by atoms with Crippen molar-refractivity contribution in [2.75, 3.05) is 6.54 Å². The Morgan fingerprint density at radius 2 is 2.05 bits per heavy atom. The molecule has 1 atom stereocenters. The SMILES string of the molecule is CCCNC(c1ccc(Cl)c(F)c1)c1cc(C)sc1C. The van der Waals surface area contributed by atoms with Gasteiger partial charge in [0.2, 0.25) is 0 Å². The molecule has 1 nitrogen and oxygen atoms in total. The molecule has 0 aliphatic heterocycles. The molecule has 0 bridgehead atoms. The summed E-state index contributed by atoms with van der Waals surface area (Å²) in [6.45, 7) is 7.22. The highest BCUT2D eigenvalue weighted by atomic mass is 35.5. The minimum atomic E-state index is -0.364. The Morgan fingerprint density at radius 1 is 1.30 bits per heavy atom. The molecule has 0 saturated heterocycles. The first-order valence-electron chi connectivity index (χ1n) is 6.78. The second-order valence-corrected chi connectivity index (χ2v) is 6.80. The fourth-order valence-corrected chi connectivity index (χ4v) is 3.41. The van der Waals surface area contributed by atoms with Crippen LogP contribution in [0.4, 0.5) is 4.39 Å². The molecule has 1 N–H and O–H groups in total. The van der Waals surface area contributed by atoms with E-state index in [4.69, 9.17) is 11.6 Å². The molecule has 0 radical (unpaired) electrons. The lowest BCUT2D eigenvalue weighted by atomic mass is 9.98. The highest BCUT2D eigenvalue weighted by Gasteiger charge is 2.18. The molecule has 0 saturated carbocycles. The highest BCUT2D eigenvalue weighted by Crippen LogP contribution is 2.32. The predicted molar refractivity (Wildman–Crippen MR) is 85.3 cm³/mol. The van der Waals surface area contributed by atoms with Crippen LogP contribution in [-0.4, -0.2) is 6.54 Å². The van der Waals surface area contributed by atoms with Crippen molar-refractivity contribution in [3.63, 3.8) is 0 Å². The van der Waals surface area contributed by atoms with E-state index in [9.17, 15) is 4.39 Å². The third kappa shape index (κ3) is 3.40. The van der Waals surface area contributed by atoms with Gasteiger partial charge in [-0.05, 0) is 56.1 Å². The van der Waals surface area contributed by atoms with E-state index in [1.54, 1.807) is 17.4 Å². The van der Waals surface area contributed by atoms with Crippen LogP contribution < -0.4 is 5.32 Å². The number of aryl methyl sites for hydroxylation is 2. The quantitative estimate of drug-likeness (QED) is 0.795. The maximum atomic E-state index is 13.7. The molecule has 1 heterocycles. The zero-order valence-corrected chi connectivity index (χ0v) is 13.5. The average Bonchev–Trinajstić information content (AvgIpc) is 2.73. The lowest BCUT2D eigenvalue weighted by molar-refractivity contribution is 0.585. The van der Waals surface area contributed by atoms with Gasteiger partial charge in [0, 0.05) is 9.75 Å². The van der Waals surface area contributed by atoms with Gasteiger partial charge in [-0.25, -0.2) is 4.39 Å². The summed E-state index contributed by atoms with van der Waals surface area (Å²) in [6.07, 6.45) is 1.04. The van der Waals surface area contributed by atoms with Gasteiger partial charge in [0.15, 0.2) is 0 Å². The standard InChI is InChI=1S/C16H19ClFNS/c1-4-7-19-16(13-8-10(2)20-11(13)3)12-5-6-14(17)15(18)9-12/h5-6,8-9,16,19H,4,7H2,1-3H3. The molecule has 1 unspecified atom stereocenters. The van der Waals surface area contributed by atoms with E-state index in [2.05, 4.69) is 32.2 Å². The lowest BCUT2D eigenvalue weighted by Gasteiger charge is -2.19. The molecule has 0 spiro atoms. The number of nitrogens with one attached hydrogen (secondary N) is 1. The third-order valence-electron chi connectivity index (χ3n) is 3.27. The molecule has 4 heteroatoms. The van der Waals surface area contributed by atoms with Crippen LogP contribution in [0.2, 0.25) is 5.02 Å². The Hall–Kier alpha value is -0.900. The fourth-order valence-electron chi connectivity index (χ4n) is 2.33. The first-order chi connectivity index (χ1) is 9.52. The molecule has 2 rings (SSSR count). The zero-order valence-electron chi connectivity index (χ0n) is 12.0. The summed E-state index contributed by atoms with van der Waals surface area (Å²) in [5, 5.41) is 3.67. The summed E-state index contributed by atoms with van der Waals surface area (Å²) in [4.78, 5) is 2.54. The molecular weight excluding hydrogens is 293 g/mol. The van der Waals surface area contributed by atoms with Crippen molar-refractivity contribution in [2.24, 2.45) is 0 Å². The van der Waals surface area contributed by atoms with Crippen LogP contribution in [0.15, 0.2) is 24.3 Å². The minimum absolute atomic E-state index is 0.0201. The zero-order chi connectivity index (χ0) is 14.7. The molecule has 0 amide bonds. The summed E-state index contributed by atoms with van der Waals surface area (Å²) >= 11 is 7.55. The number of benzene rings is 1. The minimum Gasteiger partial charge on any atom is -0.306 e. The third-order valence-corrected chi connectivity index (χ3v) is 4.55. The molecule has 2 aromatic rings. The van der Waals surface area contributed by atoms with Gasteiger partial charge in [-0.1, -0.05) is 24.6 Å². The largest absolute Gasteiger partial charge is 0.306 e. The van der Waals surface area contributed by atoms with E-state index in [-0.39, 0.29) is 16.9 Å². The average molecular weight is 312 g/mol. The van der Waals surface area contributed by atoms with Gasteiger partial charge >= 0.3 is 0 Å². The van der Waals surface area contributed by atoms with E-state index < -0.39 is 0 Å². The van der Waals surface area contributed by atoms with Crippen LogP contribution >= 0.6 is 22.9 Å². The molecule has 0 fully saturated rings. The van der Waals surface area contributed by atoms with Gasteiger partial charge in [-0.3, -0.25) is 0 Å². The first kappa shape index (κ1) is 15.5. The number of hydrogen-bond acceptors (Lipinski definition) is 2. The Kier molecular flexibility index (Phi) is 5.19. The van der Waals surface area contributed by atoms with Crippen molar-refractivity contribution in [3.05, 3.63) is 56.0 Å². The highest BCUT2D eigenvalue weighted by molar-refractivity contribution is 7.12. The number of halogens is 2. The van der Waals surface area contributed by atoms with Crippen molar-refractivity contribution < 1.29 is 4.39 Å². The van der Waals surface area contributed by atoms with Gasteiger partial charge in [0.25, 0.3) is 0 Å². The van der Waals surface area contributed by atoms with Crippen LogP contribution in [-0.2, 0) is 0 Å². The number of rotatable bonds is 5. The number of thiophene rings is 1. The predicted octanol–water partition coefficient (Wildman–Crippen LogP) is 5.25. The Labute approximate surface area is 128 Å². The van der Waals surface area contributed by atoms with Gasteiger partial charge in [0.05, 0.1) is 11.1 Å². The molecule has 1 aromatic heterocycles. The van der Waals surface area contributed by atoms with E-state index in [1.165, 1.54) is 21.4 Å². The maximum Gasteiger partial charge on any atom is 0.142 e. The molecule has 0 aliphatic carbocycles. The van der Waals surface area contributed by atoms with Crippen molar-refractivity contribution in [2.45, 2.75) is 33.2 Å². The molecule has 108 valence electrons. The smallest absolute Gasteiger partial charge is 0.142 e. The van der Waals surface area contributed by atoms with E-state index >= 15 is 0 Å². The summed E-state index contributed by atoms with van der Waals surface area (Å²) < 4.78 is 13.7. The Morgan fingerprint density at radius 3 is 2.60 bits per heavy atom. The molecular formula is C16H19ClFNS. The lowest BCUT2D eigenvalue weighted by Crippen LogP contribution is -2.23. The van der Waals surface area contributed by atoms with Crippen molar-refractivity contribution in [1.29, 1.82) is 0 Å². The summed E-state index contributed by atoms with van der Waals surface area (Å²) in [6, 6.07) is 7.25. The van der Waals surface area contributed by atoms with Crippen LogP contribution in [0.25, 0.3) is 0 Å². The van der Waals surface area contributed by atoms with Gasteiger partial charge in [0.1, 0.15) is 5.82 Å². The summed E-state index contributed by atoms with van der Waals surface area (Å²) in [7, 11) is 0. The van der Waals surface area contributed by atoms with Crippen LogP contribution in [0, 0.1) is 19.7 Å². The second-order valence-electron chi connectivity index (χ2n) is 4.93. The van der Waals surface area contributed by atoms with E-state index in [1.807, 2.05) is 6.07 Å². The molecule has 1 aromatic carbocycles. The van der Waals surface area contributed by atoms with Crippen molar-refractivity contribution in [3.8, 4) is 0 Å². The second kappa shape index (κ2) is 6.70. The van der Waals surface area contributed by atoms with Gasteiger partial charge < -0.3 is 5.32 Å². The van der Waals surface area contributed by atoms with Crippen molar-refractivity contribution >= 4 is 22.9 Å². The maximum absolute atomic E-state index is 13.7. The first-order valence-corrected chi connectivity index (χ1v) is 7.97.